The Morgan fingerprint density at radius 3 is 2.50 bits per heavy atom. The molecule has 3 N–H and O–H groups in total. The predicted molar refractivity (Wildman–Crippen MR) is 100 cm³/mol. The molecule has 0 spiro atoms. The summed E-state index contributed by atoms with van der Waals surface area (Å²) in [6.07, 6.45) is 1.85. The second-order valence-corrected chi connectivity index (χ2v) is 8.07. The summed E-state index contributed by atoms with van der Waals surface area (Å²) in [5, 5.41) is 3.07. The van der Waals surface area contributed by atoms with E-state index in [-0.39, 0.29) is 17.4 Å². The molecule has 2 rings (SSSR count). The molecule has 0 radical (unpaired) electrons. The number of nitrogens with one attached hydrogen (secondary N) is 1. The van der Waals surface area contributed by atoms with Gasteiger partial charge in [-0.3, -0.25) is 9.69 Å². The third kappa shape index (κ3) is 4.81. The van der Waals surface area contributed by atoms with Gasteiger partial charge in [-0.2, -0.15) is 0 Å². The average Bonchev–Trinajstić information content (AvgIpc) is 2.45. The number of piperidine rings is 1. The Bertz CT molecular complexity index is 572. The van der Waals surface area contributed by atoms with Crippen molar-refractivity contribution in [2.24, 2.45) is 11.1 Å². The molecular formula is C20H33N3O. The Hall–Kier alpha value is -1.39. The Labute approximate surface area is 146 Å². The van der Waals surface area contributed by atoms with Crippen molar-refractivity contribution in [2.75, 3.05) is 26.2 Å². The van der Waals surface area contributed by atoms with E-state index in [0.29, 0.717) is 13.1 Å². The summed E-state index contributed by atoms with van der Waals surface area (Å²) in [6.45, 7) is 13.8. The predicted octanol–water partition coefficient (Wildman–Crippen LogP) is 2.33. The number of carbonyl (C=O) groups is 1. The van der Waals surface area contributed by atoms with Gasteiger partial charge in [-0.25, -0.2) is 0 Å². The molecule has 0 bridgehead atoms. The van der Waals surface area contributed by atoms with Crippen LogP contribution in [0.5, 0.6) is 0 Å². The summed E-state index contributed by atoms with van der Waals surface area (Å²) >= 11 is 0. The Balaban J connectivity index is 1.80. The Morgan fingerprint density at radius 1 is 1.29 bits per heavy atom. The SMILES string of the molecule is Cc1cc(C)c(CCNC(=O)CN2CCC(N)C(C)(C)C2)c(C)c1. The molecule has 134 valence electrons. The lowest BCUT2D eigenvalue weighted by Gasteiger charge is -2.42. The van der Waals surface area contributed by atoms with Crippen molar-refractivity contribution in [3.63, 3.8) is 0 Å². The molecule has 0 aliphatic carbocycles. The van der Waals surface area contributed by atoms with Crippen molar-refractivity contribution in [2.45, 2.75) is 53.5 Å². The number of aryl methyl sites for hydroxylation is 3. The highest BCUT2D eigenvalue weighted by atomic mass is 16.2. The Kier molecular flexibility index (Phi) is 6.05. The minimum atomic E-state index is 0.0780. The van der Waals surface area contributed by atoms with Crippen LogP contribution in [0.4, 0.5) is 0 Å². The second-order valence-electron chi connectivity index (χ2n) is 8.07. The maximum absolute atomic E-state index is 12.2. The van der Waals surface area contributed by atoms with E-state index in [2.05, 4.69) is 57.0 Å². The number of benzene rings is 1. The number of hydrogen-bond acceptors (Lipinski definition) is 3. The monoisotopic (exact) mass is 331 g/mol. The fourth-order valence-corrected chi connectivity index (χ4v) is 3.81. The number of likely N-dealkylation sites (tertiary alicyclic amines) is 1. The molecule has 1 aliphatic rings. The summed E-state index contributed by atoms with van der Waals surface area (Å²) in [6, 6.07) is 4.65. The molecule has 0 saturated carbocycles. The maximum Gasteiger partial charge on any atom is 0.234 e. The normalized spacial score (nSPS) is 20.8. The van der Waals surface area contributed by atoms with Gasteiger partial charge in [0.1, 0.15) is 0 Å². The molecule has 1 amide bonds. The maximum atomic E-state index is 12.2. The van der Waals surface area contributed by atoms with E-state index in [9.17, 15) is 4.79 Å². The first-order valence-electron chi connectivity index (χ1n) is 9.00. The van der Waals surface area contributed by atoms with E-state index in [0.717, 1.165) is 25.9 Å². The van der Waals surface area contributed by atoms with Gasteiger partial charge in [0.15, 0.2) is 0 Å². The summed E-state index contributed by atoms with van der Waals surface area (Å²) < 4.78 is 0. The molecule has 1 fully saturated rings. The van der Waals surface area contributed by atoms with Crippen LogP contribution >= 0.6 is 0 Å². The van der Waals surface area contributed by atoms with E-state index in [1.54, 1.807) is 0 Å². The lowest BCUT2D eigenvalue weighted by atomic mass is 9.80. The van der Waals surface area contributed by atoms with E-state index < -0.39 is 0 Å². The van der Waals surface area contributed by atoms with Gasteiger partial charge in [0.25, 0.3) is 0 Å². The van der Waals surface area contributed by atoms with Gasteiger partial charge in [-0.15, -0.1) is 0 Å². The number of carbonyl (C=O) groups excluding carboxylic acids is 1. The highest BCUT2D eigenvalue weighted by molar-refractivity contribution is 5.78. The van der Waals surface area contributed by atoms with Crippen LogP contribution in [0.1, 0.15) is 42.5 Å². The third-order valence-corrected chi connectivity index (χ3v) is 5.30. The van der Waals surface area contributed by atoms with Crippen molar-refractivity contribution in [3.05, 3.63) is 34.4 Å². The molecule has 24 heavy (non-hydrogen) atoms. The van der Waals surface area contributed by atoms with Crippen molar-refractivity contribution in [3.8, 4) is 0 Å². The first-order chi connectivity index (χ1) is 11.2. The fourth-order valence-electron chi connectivity index (χ4n) is 3.81. The van der Waals surface area contributed by atoms with Crippen molar-refractivity contribution < 1.29 is 4.79 Å². The highest BCUT2D eigenvalue weighted by Crippen LogP contribution is 2.27. The second kappa shape index (κ2) is 7.66. The van der Waals surface area contributed by atoms with E-state index in [4.69, 9.17) is 5.73 Å². The van der Waals surface area contributed by atoms with Gasteiger partial charge < -0.3 is 11.1 Å². The molecular weight excluding hydrogens is 298 g/mol. The number of nitrogens with two attached hydrogens (primary N) is 1. The topological polar surface area (TPSA) is 58.4 Å². The van der Waals surface area contributed by atoms with Crippen LogP contribution in [0, 0.1) is 26.2 Å². The minimum absolute atomic E-state index is 0.0780. The number of amides is 1. The first-order valence-corrected chi connectivity index (χ1v) is 9.00. The fraction of sp³-hybridized carbons (Fsp3) is 0.650. The van der Waals surface area contributed by atoms with E-state index in [1.165, 1.54) is 22.3 Å². The van der Waals surface area contributed by atoms with Crippen LogP contribution in [0.15, 0.2) is 12.1 Å². The molecule has 1 saturated heterocycles. The highest BCUT2D eigenvalue weighted by Gasteiger charge is 2.33. The van der Waals surface area contributed by atoms with Crippen molar-refractivity contribution >= 4 is 5.91 Å². The minimum Gasteiger partial charge on any atom is -0.355 e. The van der Waals surface area contributed by atoms with E-state index in [1.807, 2.05) is 0 Å². The third-order valence-electron chi connectivity index (χ3n) is 5.30. The largest absolute Gasteiger partial charge is 0.355 e. The van der Waals surface area contributed by atoms with Crippen LogP contribution in [0.25, 0.3) is 0 Å². The van der Waals surface area contributed by atoms with Gasteiger partial charge in [0.05, 0.1) is 6.54 Å². The van der Waals surface area contributed by atoms with Gasteiger partial charge in [-0.05, 0) is 55.7 Å². The molecule has 1 aliphatic heterocycles. The summed E-state index contributed by atoms with van der Waals surface area (Å²) in [4.78, 5) is 14.5. The molecule has 1 heterocycles. The molecule has 1 unspecified atom stereocenters. The van der Waals surface area contributed by atoms with Crippen LogP contribution < -0.4 is 11.1 Å². The number of nitrogens with zero attached hydrogens (tertiary/aromatic N) is 1. The first kappa shape index (κ1) is 18.9. The summed E-state index contributed by atoms with van der Waals surface area (Å²) in [7, 11) is 0. The lowest BCUT2D eigenvalue weighted by molar-refractivity contribution is -0.123. The van der Waals surface area contributed by atoms with Crippen molar-refractivity contribution in [1.82, 2.24) is 10.2 Å². The lowest BCUT2D eigenvalue weighted by Crippen LogP contribution is -2.54. The van der Waals surface area contributed by atoms with Gasteiger partial charge in [0, 0.05) is 25.7 Å². The molecule has 0 aromatic heterocycles. The van der Waals surface area contributed by atoms with E-state index >= 15 is 0 Å². The quantitative estimate of drug-likeness (QED) is 0.870. The zero-order valence-corrected chi connectivity index (χ0v) is 15.9. The standard InChI is InChI=1S/C20H33N3O/c1-14-10-15(2)17(16(3)11-14)6-8-22-19(24)12-23-9-7-18(21)20(4,5)13-23/h10-11,18H,6-9,12-13,21H2,1-5H3,(H,22,24). The van der Waals surface area contributed by atoms with Gasteiger partial charge in [0.2, 0.25) is 5.91 Å². The molecule has 1 aromatic carbocycles. The molecule has 1 aromatic rings. The van der Waals surface area contributed by atoms with Gasteiger partial charge >= 0.3 is 0 Å². The summed E-state index contributed by atoms with van der Waals surface area (Å²) in [5.74, 6) is 0.115. The average molecular weight is 332 g/mol. The van der Waals surface area contributed by atoms with Gasteiger partial charge in [-0.1, -0.05) is 31.5 Å². The zero-order chi connectivity index (χ0) is 17.9. The van der Waals surface area contributed by atoms with Crippen LogP contribution in [0.2, 0.25) is 0 Å². The van der Waals surface area contributed by atoms with Crippen LogP contribution in [0.3, 0.4) is 0 Å². The number of hydrogen-bond donors (Lipinski definition) is 2. The Morgan fingerprint density at radius 2 is 1.92 bits per heavy atom. The summed E-state index contributed by atoms with van der Waals surface area (Å²) in [5.41, 5.74) is 11.5. The number of rotatable bonds is 5. The molecule has 1 atom stereocenters. The molecule has 4 heteroatoms. The molecule has 4 nitrogen and oxygen atoms in total. The smallest absolute Gasteiger partial charge is 0.234 e. The zero-order valence-electron chi connectivity index (χ0n) is 15.9. The van der Waals surface area contributed by atoms with Crippen LogP contribution in [-0.2, 0) is 11.2 Å². The van der Waals surface area contributed by atoms with Crippen LogP contribution in [-0.4, -0.2) is 43.0 Å². The van der Waals surface area contributed by atoms with Crippen molar-refractivity contribution in [1.29, 1.82) is 0 Å².